The van der Waals surface area contributed by atoms with E-state index in [0.29, 0.717) is 12.8 Å². The summed E-state index contributed by atoms with van der Waals surface area (Å²) in [4.78, 5) is 26.6. The van der Waals surface area contributed by atoms with E-state index in [0.717, 1.165) is 30.8 Å². The Kier molecular flexibility index (Phi) is 5.10. The van der Waals surface area contributed by atoms with Gasteiger partial charge in [-0.05, 0) is 44.4 Å². The molecule has 5 heteroatoms. The molecule has 1 aliphatic rings. The lowest BCUT2D eigenvalue weighted by Gasteiger charge is -2.29. The topological polar surface area (TPSA) is 49.4 Å². The van der Waals surface area contributed by atoms with Crippen LogP contribution in [0.4, 0.5) is 0 Å². The number of rotatable bonds is 5. The number of amides is 1. The van der Waals surface area contributed by atoms with Crippen LogP contribution in [0, 0.1) is 0 Å². The van der Waals surface area contributed by atoms with E-state index in [1.165, 1.54) is 11.3 Å². The van der Waals surface area contributed by atoms with Crippen LogP contribution in [0.3, 0.4) is 0 Å². The fraction of sp³-hybridized carbons (Fsp3) is 0.571. The van der Waals surface area contributed by atoms with Crippen molar-refractivity contribution >= 4 is 23.0 Å². The predicted molar refractivity (Wildman–Crippen MR) is 76.5 cm³/mol. The van der Waals surface area contributed by atoms with Crippen molar-refractivity contribution < 1.29 is 9.59 Å². The highest BCUT2D eigenvalue weighted by Gasteiger charge is 2.18. The molecule has 1 aliphatic heterocycles. The van der Waals surface area contributed by atoms with Crippen LogP contribution in [-0.4, -0.2) is 42.8 Å². The normalized spacial score (nSPS) is 17.3. The van der Waals surface area contributed by atoms with Crippen molar-refractivity contribution in [3.05, 3.63) is 22.4 Å². The summed E-state index contributed by atoms with van der Waals surface area (Å²) in [6.45, 7) is 2.05. The molecule has 4 nitrogen and oxygen atoms in total. The number of thiophene rings is 1. The zero-order valence-electron chi connectivity index (χ0n) is 11.2. The van der Waals surface area contributed by atoms with Gasteiger partial charge in [0.1, 0.15) is 0 Å². The van der Waals surface area contributed by atoms with Crippen LogP contribution >= 0.6 is 11.3 Å². The Labute approximate surface area is 117 Å². The Morgan fingerprint density at radius 3 is 2.74 bits per heavy atom. The molecule has 0 aliphatic carbocycles. The molecule has 1 aromatic heterocycles. The smallest absolute Gasteiger partial charge is 0.220 e. The van der Waals surface area contributed by atoms with Crippen LogP contribution in [-0.2, 0) is 4.79 Å². The molecule has 0 spiro atoms. The summed E-state index contributed by atoms with van der Waals surface area (Å²) >= 11 is 1.43. The van der Waals surface area contributed by atoms with Crippen molar-refractivity contribution in [1.29, 1.82) is 0 Å². The van der Waals surface area contributed by atoms with Gasteiger partial charge < -0.3 is 10.2 Å². The van der Waals surface area contributed by atoms with Crippen molar-refractivity contribution in [3.8, 4) is 0 Å². The number of Topliss-reactive ketones (excluding diaryl/α,β-unsaturated/α-hetero) is 1. The Morgan fingerprint density at radius 2 is 2.11 bits per heavy atom. The van der Waals surface area contributed by atoms with E-state index >= 15 is 0 Å². The second-order valence-electron chi connectivity index (χ2n) is 5.05. The number of likely N-dealkylation sites (tertiary alicyclic amines) is 1. The van der Waals surface area contributed by atoms with Gasteiger partial charge in [-0.15, -0.1) is 11.3 Å². The number of nitrogens with one attached hydrogen (secondary N) is 1. The number of nitrogens with zero attached hydrogens (tertiary/aromatic N) is 1. The first-order chi connectivity index (χ1) is 9.15. The van der Waals surface area contributed by atoms with Gasteiger partial charge in [0.05, 0.1) is 4.88 Å². The quantitative estimate of drug-likeness (QED) is 0.838. The van der Waals surface area contributed by atoms with Gasteiger partial charge >= 0.3 is 0 Å². The molecule has 0 atom stereocenters. The van der Waals surface area contributed by atoms with Gasteiger partial charge in [-0.25, -0.2) is 0 Å². The third kappa shape index (κ3) is 4.44. The first-order valence-electron chi connectivity index (χ1n) is 6.70. The lowest BCUT2D eigenvalue weighted by molar-refractivity contribution is -0.122. The van der Waals surface area contributed by atoms with E-state index in [2.05, 4.69) is 17.3 Å². The minimum absolute atomic E-state index is 0.000501. The molecule has 1 aromatic rings. The minimum Gasteiger partial charge on any atom is -0.353 e. The number of hydrogen-bond acceptors (Lipinski definition) is 4. The van der Waals surface area contributed by atoms with Crippen LogP contribution in [0.25, 0.3) is 0 Å². The van der Waals surface area contributed by atoms with Crippen LogP contribution in [0.5, 0.6) is 0 Å². The van der Waals surface area contributed by atoms with Crippen molar-refractivity contribution in [1.82, 2.24) is 10.2 Å². The van der Waals surface area contributed by atoms with Crippen LogP contribution in [0.2, 0.25) is 0 Å². The molecule has 1 amide bonds. The number of carbonyl (C=O) groups is 2. The van der Waals surface area contributed by atoms with Gasteiger partial charge in [0.25, 0.3) is 0 Å². The number of piperidine rings is 1. The summed E-state index contributed by atoms with van der Waals surface area (Å²) in [6, 6.07) is 3.94. The Balaban J connectivity index is 1.69. The zero-order chi connectivity index (χ0) is 13.7. The Hall–Kier alpha value is -1.20. The predicted octanol–water partition coefficient (Wildman–Crippen LogP) is 1.92. The Morgan fingerprint density at radius 1 is 1.37 bits per heavy atom. The molecule has 0 radical (unpaired) electrons. The summed E-state index contributed by atoms with van der Waals surface area (Å²) in [7, 11) is 2.09. The monoisotopic (exact) mass is 280 g/mol. The molecule has 2 rings (SSSR count). The van der Waals surface area contributed by atoms with E-state index in [1.807, 2.05) is 17.5 Å². The van der Waals surface area contributed by atoms with Crippen LogP contribution in [0.1, 0.15) is 35.4 Å². The van der Waals surface area contributed by atoms with Crippen LogP contribution in [0.15, 0.2) is 17.5 Å². The summed E-state index contributed by atoms with van der Waals surface area (Å²) in [5.74, 6) is 0.0630. The fourth-order valence-corrected chi connectivity index (χ4v) is 2.93. The minimum atomic E-state index is -0.000501. The first kappa shape index (κ1) is 14.2. The van der Waals surface area contributed by atoms with Gasteiger partial charge in [-0.1, -0.05) is 6.07 Å². The molecule has 1 saturated heterocycles. The number of ketones is 1. The van der Waals surface area contributed by atoms with Gasteiger partial charge in [0.2, 0.25) is 5.91 Å². The largest absolute Gasteiger partial charge is 0.353 e. The van der Waals surface area contributed by atoms with E-state index in [4.69, 9.17) is 0 Å². The molecule has 0 bridgehead atoms. The summed E-state index contributed by atoms with van der Waals surface area (Å²) in [6.07, 6.45) is 2.60. The molecule has 1 N–H and O–H groups in total. The van der Waals surface area contributed by atoms with Crippen molar-refractivity contribution in [2.75, 3.05) is 20.1 Å². The summed E-state index contributed by atoms with van der Waals surface area (Å²) < 4.78 is 0. The van der Waals surface area contributed by atoms with E-state index in [9.17, 15) is 9.59 Å². The highest BCUT2D eigenvalue weighted by Crippen LogP contribution is 2.13. The van der Waals surface area contributed by atoms with Crippen molar-refractivity contribution in [3.63, 3.8) is 0 Å². The number of carbonyl (C=O) groups excluding carboxylic acids is 2. The summed E-state index contributed by atoms with van der Waals surface area (Å²) in [5.41, 5.74) is 0. The van der Waals surface area contributed by atoms with Gasteiger partial charge in [0.15, 0.2) is 5.78 Å². The highest BCUT2D eigenvalue weighted by molar-refractivity contribution is 7.12. The summed E-state index contributed by atoms with van der Waals surface area (Å²) in [5, 5.41) is 4.91. The van der Waals surface area contributed by atoms with E-state index in [-0.39, 0.29) is 17.7 Å². The van der Waals surface area contributed by atoms with Crippen LogP contribution < -0.4 is 5.32 Å². The average molecular weight is 280 g/mol. The maximum absolute atomic E-state index is 11.8. The van der Waals surface area contributed by atoms with Crippen molar-refractivity contribution in [2.24, 2.45) is 0 Å². The maximum atomic E-state index is 11.8. The van der Waals surface area contributed by atoms with Gasteiger partial charge in [-0.3, -0.25) is 9.59 Å². The average Bonchev–Trinajstić information content (AvgIpc) is 2.93. The first-order valence-corrected chi connectivity index (χ1v) is 7.58. The fourth-order valence-electron chi connectivity index (χ4n) is 2.24. The molecule has 0 aromatic carbocycles. The SMILES string of the molecule is CN1CCC(NC(=O)CCC(=O)c2cccs2)CC1. The molecular formula is C14H20N2O2S. The Bertz CT molecular complexity index is 423. The van der Waals surface area contributed by atoms with Crippen molar-refractivity contribution in [2.45, 2.75) is 31.7 Å². The second-order valence-corrected chi connectivity index (χ2v) is 5.99. The molecule has 19 heavy (non-hydrogen) atoms. The third-order valence-electron chi connectivity index (χ3n) is 3.46. The molecule has 0 unspecified atom stereocenters. The lowest BCUT2D eigenvalue weighted by atomic mass is 10.1. The van der Waals surface area contributed by atoms with Gasteiger partial charge in [0, 0.05) is 18.9 Å². The molecule has 104 valence electrons. The molecule has 2 heterocycles. The standard InChI is InChI=1S/C14H20N2O2S/c1-16-8-6-11(7-9-16)15-14(18)5-4-12(17)13-3-2-10-19-13/h2-3,10-11H,4-9H2,1H3,(H,15,18). The molecular weight excluding hydrogens is 260 g/mol. The maximum Gasteiger partial charge on any atom is 0.220 e. The molecule has 0 saturated carbocycles. The molecule has 1 fully saturated rings. The zero-order valence-corrected chi connectivity index (χ0v) is 12.0. The van der Waals surface area contributed by atoms with E-state index in [1.54, 1.807) is 0 Å². The second kappa shape index (κ2) is 6.82. The third-order valence-corrected chi connectivity index (χ3v) is 4.37. The lowest BCUT2D eigenvalue weighted by Crippen LogP contribution is -2.43. The van der Waals surface area contributed by atoms with Gasteiger partial charge in [-0.2, -0.15) is 0 Å². The highest BCUT2D eigenvalue weighted by atomic mass is 32.1. The van der Waals surface area contributed by atoms with E-state index < -0.39 is 0 Å². The number of hydrogen-bond donors (Lipinski definition) is 1.